The molecule has 5 heteroatoms. The predicted molar refractivity (Wildman–Crippen MR) is 84.8 cm³/mol. The predicted octanol–water partition coefficient (Wildman–Crippen LogP) is 3.25. The van der Waals surface area contributed by atoms with Gasteiger partial charge in [-0.05, 0) is 17.7 Å². The van der Waals surface area contributed by atoms with Gasteiger partial charge in [0.15, 0.2) is 5.78 Å². The molecule has 0 fully saturated rings. The summed E-state index contributed by atoms with van der Waals surface area (Å²) in [6, 6.07) is 11.1. The summed E-state index contributed by atoms with van der Waals surface area (Å²) in [5.41, 5.74) is 1.51. The van der Waals surface area contributed by atoms with Crippen LogP contribution in [0.1, 0.15) is 22.3 Å². The molecule has 0 atom stereocenters. The van der Waals surface area contributed by atoms with Crippen LogP contribution in [-0.4, -0.2) is 26.6 Å². The van der Waals surface area contributed by atoms with Gasteiger partial charge in [-0.15, -0.1) is 0 Å². The van der Waals surface area contributed by atoms with Crippen LogP contribution in [0.3, 0.4) is 0 Å². The maximum Gasteiger partial charge on any atom is 0.173 e. The minimum atomic E-state index is 0.0322. The van der Waals surface area contributed by atoms with Crippen LogP contribution in [0.5, 0.6) is 23.0 Å². The quantitative estimate of drug-likeness (QED) is 0.848. The molecule has 2 aromatic rings. The Labute approximate surface area is 134 Å². The van der Waals surface area contributed by atoms with E-state index < -0.39 is 0 Å². The number of ketones is 1. The number of rotatable bonds is 5. The number of carbonyl (C=O) groups excluding carboxylic acids is 1. The van der Waals surface area contributed by atoms with Crippen molar-refractivity contribution in [3.05, 3.63) is 47.5 Å². The van der Waals surface area contributed by atoms with E-state index in [2.05, 4.69) is 0 Å². The van der Waals surface area contributed by atoms with Gasteiger partial charge in [-0.2, -0.15) is 0 Å². The Morgan fingerprint density at radius 3 is 2.52 bits per heavy atom. The van der Waals surface area contributed by atoms with Crippen LogP contribution >= 0.6 is 0 Å². The van der Waals surface area contributed by atoms with Crippen molar-refractivity contribution in [2.45, 2.75) is 13.0 Å². The van der Waals surface area contributed by atoms with Gasteiger partial charge < -0.3 is 18.9 Å². The van der Waals surface area contributed by atoms with Gasteiger partial charge in [-0.3, -0.25) is 4.79 Å². The van der Waals surface area contributed by atoms with Crippen LogP contribution in [0.15, 0.2) is 36.4 Å². The minimum absolute atomic E-state index is 0.0322. The zero-order valence-corrected chi connectivity index (χ0v) is 13.1. The number of hydrogen-bond donors (Lipinski definition) is 0. The monoisotopic (exact) mass is 314 g/mol. The van der Waals surface area contributed by atoms with E-state index in [1.807, 2.05) is 24.3 Å². The summed E-state index contributed by atoms with van der Waals surface area (Å²) in [5, 5.41) is 0. The number of methoxy groups -OCH3 is 2. The number of hydrogen-bond acceptors (Lipinski definition) is 5. The summed E-state index contributed by atoms with van der Waals surface area (Å²) < 4.78 is 21.8. The maximum atomic E-state index is 12.0. The van der Waals surface area contributed by atoms with Crippen molar-refractivity contribution in [3.63, 3.8) is 0 Å². The fourth-order valence-corrected chi connectivity index (χ4v) is 2.47. The fraction of sp³-hybridized carbons (Fsp3) is 0.278. The lowest BCUT2D eigenvalue weighted by atomic mass is 10.0. The standard InChI is InChI=1S/C18H18O5/c1-20-13-5-3-12(4-6-13)11-23-14-9-16(21-2)18-15(19)7-8-22-17(18)10-14/h3-6,9-10H,7-8,11H2,1-2H3. The van der Waals surface area contributed by atoms with Gasteiger partial charge in [0, 0.05) is 18.6 Å². The first-order chi connectivity index (χ1) is 11.2. The Kier molecular flexibility index (Phi) is 4.37. The number of fused-ring (bicyclic) bond motifs is 1. The molecule has 0 saturated carbocycles. The SMILES string of the molecule is COc1ccc(COc2cc(OC)c3c(c2)OCCC3=O)cc1. The highest BCUT2D eigenvalue weighted by molar-refractivity contribution is 6.02. The smallest absolute Gasteiger partial charge is 0.173 e. The third-order valence-electron chi connectivity index (χ3n) is 3.69. The van der Waals surface area contributed by atoms with Gasteiger partial charge in [0.25, 0.3) is 0 Å². The molecule has 3 rings (SSSR count). The first kappa shape index (κ1) is 15.2. The summed E-state index contributed by atoms with van der Waals surface area (Å²) in [6.07, 6.45) is 0.370. The van der Waals surface area contributed by atoms with Gasteiger partial charge >= 0.3 is 0 Å². The summed E-state index contributed by atoms with van der Waals surface area (Å²) >= 11 is 0. The normalized spacial score (nSPS) is 13.0. The van der Waals surface area contributed by atoms with Gasteiger partial charge in [0.2, 0.25) is 0 Å². The van der Waals surface area contributed by atoms with Crippen LogP contribution in [0.25, 0.3) is 0 Å². The van der Waals surface area contributed by atoms with E-state index in [4.69, 9.17) is 18.9 Å². The molecular weight excluding hydrogens is 296 g/mol. The molecule has 0 saturated heterocycles. The largest absolute Gasteiger partial charge is 0.497 e. The lowest BCUT2D eigenvalue weighted by Crippen LogP contribution is -2.16. The molecule has 0 amide bonds. The fourth-order valence-electron chi connectivity index (χ4n) is 2.47. The molecule has 23 heavy (non-hydrogen) atoms. The number of Topliss-reactive ketones (excluding diaryl/α,β-unsaturated/α-hetero) is 1. The van der Waals surface area contributed by atoms with E-state index in [1.54, 1.807) is 19.2 Å². The van der Waals surface area contributed by atoms with Gasteiger partial charge in [0.1, 0.15) is 35.2 Å². The molecular formula is C18H18O5. The average Bonchev–Trinajstić information content (AvgIpc) is 2.59. The van der Waals surface area contributed by atoms with Gasteiger partial charge in [-0.1, -0.05) is 12.1 Å². The minimum Gasteiger partial charge on any atom is -0.497 e. The van der Waals surface area contributed by atoms with E-state index >= 15 is 0 Å². The molecule has 1 heterocycles. The Bertz CT molecular complexity index is 689. The van der Waals surface area contributed by atoms with Crippen LogP contribution in [0, 0.1) is 0 Å². The van der Waals surface area contributed by atoms with Crippen molar-refractivity contribution in [2.24, 2.45) is 0 Å². The van der Waals surface area contributed by atoms with Crippen molar-refractivity contribution < 1.29 is 23.7 Å². The summed E-state index contributed by atoms with van der Waals surface area (Å²) in [7, 11) is 3.16. The average molecular weight is 314 g/mol. The summed E-state index contributed by atoms with van der Waals surface area (Å²) in [4.78, 5) is 12.0. The van der Waals surface area contributed by atoms with Gasteiger partial charge in [0.05, 0.1) is 20.8 Å². The number of ether oxygens (including phenoxy) is 4. The molecule has 1 aliphatic heterocycles. The van der Waals surface area contributed by atoms with Crippen LogP contribution in [0.2, 0.25) is 0 Å². The van der Waals surface area contributed by atoms with Crippen molar-refractivity contribution >= 4 is 5.78 Å². The van der Waals surface area contributed by atoms with Crippen LogP contribution in [0.4, 0.5) is 0 Å². The number of benzene rings is 2. The molecule has 0 unspecified atom stereocenters. The Hall–Kier alpha value is -2.69. The van der Waals surface area contributed by atoms with Crippen LogP contribution in [-0.2, 0) is 6.61 Å². The second-order valence-corrected chi connectivity index (χ2v) is 5.16. The topological polar surface area (TPSA) is 54.0 Å². The van der Waals surface area contributed by atoms with E-state index in [-0.39, 0.29) is 5.78 Å². The number of carbonyl (C=O) groups is 1. The molecule has 0 spiro atoms. The molecule has 1 aliphatic rings. The molecule has 2 aromatic carbocycles. The zero-order chi connectivity index (χ0) is 16.2. The van der Waals surface area contributed by atoms with Crippen molar-refractivity contribution in [1.82, 2.24) is 0 Å². The first-order valence-electron chi connectivity index (χ1n) is 7.35. The molecule has 120 valence electrons. The lowest BCUT2D eigenvalue weighted by molar-refractivity contribution is 0.0929. The van der Waals surface area contributed by atoms with Crippen LogP contribution < -0.4 is 18.9 Å². The Balaban J connectivity index is 1.78. The second kappa shape index (κ2) is 6.60. The third kappa shape index (κ3) is 3.23. The molecule has 0 radical (unpaired) electrons. The molecule has 0 bridgehead atoms. The van der Waals surface area contributed by atoms with E-state index in [9.17, 15) is 4.79 Å². The second-order valence-electron chi connectivity index (χ2n) is 5.16. The van der Waals surface area contributed by atoms with Crippen molar-refractivity contribution in [1.29, 1.82) is 0 Å². The van der Waals surface area contributed by atoms with E-state index in [0.717, 1.165) is 11.3 Å². The molecule has 5 nitrogen and oxygen atoms in total. The lowest BCUT2D eigenvalue weighted by Gasteiger charge is -2.20. The Morgan fingerprint density at radius 2 is 1.83 bits per heavy atom. The maximum absolute atomic E-state index is 12.0. The zero-order valence-electron chi connectivity index (χ0n) is 13.1. The molecule has 0 aromatic heterocycles. The summed E-state index contributed by atoms with van der Waals surface area (Å²) in [5.74, 6) is 2.44. The highest BCUT2D eigenvalue weighted by Gasteiger charge is 2.24. The third-order valence-corrected chi connectivity index (χ3v) is 3.69. The Morgan fingerprint density at radius 1 is 1.04 bits per heavy atom. The first-order valence-corrected chi connectivity index (χ1v) is 7.35. The van der Waals surface area contributed by atoms with E-state index in [1.165, 1.54) is 7.11 Å². The van der Waals surface area contributed by atoms with Crippen molar-refractivity contribution in [2.75, 3.05) is 20.8 Å². The summed E-state index contributed by atoms with van der Waals surface area (Å²) in [6.45, 7) is 0.788. The highest BCUT2D eigenvalue weighted by atomic mass is 16.5. The molecule has 0 aliphatic carbocycles. The van der Waals surface area contributed by atoms with Crippen molar-refractivity contribution in [3.8, 4) is 23.0 Å². The highest BCUT2D eigenvalue weighted by Crippen LogP contribution is 2.37. The van der Waals surface area contributed by atoms with Gasteiger partial charge in [-0.25, -0.2) is 0 Å². The molecule has 0 N–H and O–H groups in total. The van der Waals surface area contributed by atoms with E-state index in [0.29, 0.717) is 42.4 Å².